The molecule has 2 N–H and O–H groups in total. The molecule has 0 saturated carbocycles. The maximum Gasteiger partial charge on any atom is 0.329 e. The smallest absolute Gasteiger partial charge is 0.329 e. The lowest BCUT2D eigenvalue weighted by Gasteiger charge is -2.08. The van der Waals surface area contributed by atoms with Crippen molar-refractivity contribution in [3.63, 3.8) is 0 Å². The van der Waals surface area contributed by atoms with E-state index in [9.17, 15) is 9.59 Å². The number of carbonyl (C=O) groups excluding carboxylic acids is 2. The number of anilines is 1. The van der Waals surface area contributed by atoms with Crippen LogP contribution in [0.15, 0.2) is 52.2 Å². The predicted molar refractivity (Wildman–Crippen MR) is 76.1 cm³/mol. The van der Waals surface area contributed by atoms with Gasteiger partial charge in [0.15, 0.2) is 0 Å². The highest BCUT2D eigenvalue weighted by atomic mass is 16.5. The molecule has 21 heavy (non-hydrogen) atoms. The zero-order chi connectivity index (χ0) is 15.1. The monoisotopic (exact) mass is 287 g/mol. The van der Waals surface area contributed by atoms with E-state index in [-0.39, 0.29) is 0 Å². The van der Waals surface area contributed by atoms with E-state index in [1.165, 1.54) is 19.6 Å². The van der Waals surface area contributed by atoms with Gasteiger partial charge in [-0.25, -0.2) is 5.43 Å². The van der Waals surface area contributed by atoms with Gasteiger partial charge in [-0.2, -0.15) is 5.10 Å². The van der Waals surface area contributed by atoms with Crippen molar-refractivity contribution in [1.29, 1.82) is 0 Å². The van der Waals surface area contributed by atoms with Gasteiger partial charge in [-0.3, -0.25) is 9.59 Å². The Balaban J connectivity index is 1.92. The fraction of sp³-hybridized carbons (Fsp3) is 0.0714. The van der Waals surface area contributed by atoms with Crippen LogP contribution in [0.5, 0.6) is 5.75 Å². The van der Waals surface area contributed by atoms with Crippen molar-refractivity contribution in [3.8, 4) is 5.75 Å². The Labute approximate surface area is 120 Å². The molecule has 0 unspecified atom stereocenters. The van der Waals surface area contributed by atoms with Crippen LogP contribution < -0.4 is 15.5 Å². The van der Waals surface area contributed by atoms with Gasteiger partial charge in [-0.15, -0.1) is 0 Å². The predicted octanol–water partition coefficient (Wildman–Crippen LogP) is 1.38. The van der Waals surface area contributed by atoms with Crippen LogP contribution in [0, 0.1) is 0 Å². The standard InChI is InChI=1S/C14H13N3O4/c1-20-12-7-3-2-6-11(12)16-13(18)14(19)17-15-9-10-5-4-8-21-10/h2-9H,1H3,(H,16,18)(H,17,19). The molecule has 2 rings (SSSR count). The summed E-state index contributed by atoms with van der Waals surface area (Å²) in [5.41, 5.74) is 2.49. The number of furan rings is 1. The van der Waals surface area contributed by atoms with Crippen LogP contribution in [-0.4, -0.2) is 25.1 Å². The summed E-state index contributed by atoms with van der Waals surface area (Å²) >= 11 is 0. The fourth-order valence-electron chi connectivity index (χ4n) is 1.50. The van der Waals surface area contributed by atoms with E-state index in [0.29, 0.717) is 17.2 Å². The number of methoxy groups -OCH3 is 1. The molecule has 7 nitrogen and oxygen atoms in total. The zero-order valence-electron chi connectivity index (χ0n) is 11.2. The van der Waals surface area contributed by atoms with Gasteiger partial charge in [0.25, 0.3) is 0 Å². The second-order valence-corrected chi connectivity index (χ2v) is 3.87. The van der Waals surface area contributed by atoms with E-state index in [4.69, 9.17) is 9.15 Å². The highest BCUT2D eigenvalue weighted by Crippen LogP contribution is 2.22. The minimum absolute atomic E-state index is 0.398. The number of para-hydroxylation sites is 2. The number of hydrazone groups is 1. The summed E-state index contributed by atoms with van der Waals surface area (Å²) in [7, 11) is 1.47. The molecule has 0 bridgehead atoms. The van der Waals surface area contributed by atoms with Gasteiger partial charge >= 0.3 is 11.8 Å². The number of nitrogens with zero attached hydrogens (tertiary/aromatic N) is 1. The number of rotatable bonds is 4. The maximum absolute atomic E-state index is 11.7. The molecule has 0 aliphatic heterocycles. The van der Waals surface area contributed by atoms with Gasteiger partial charge in [-0.1, -0.05) is 12.1 Å². The van der Waals surface area contributed by atoms with Crippen LogP contribution in [0.4, 0.5) is 5.69 Å². The molecule has 1 heterocycles. The molecular weight excluding hydrogens is 274 g/mol. The van der Waals surface area contributed by atoms with Crippen LogP contribution in [0.2, 0.25) is 0 Å². The molecule has 0 radical (unpaired) electrons. The Morgan fingerprint density at radius 3 is 2.71 bits per heavy atom. The molecule has 0 fully saturated rings. The van der Waals surface area contributed by atoms with E-state index in [1.807, 2.05) is 0 Å². The average molecular weight is 287 g/mol. The van der Waals surface area contributed by atoms with Crippen LogP contribution in [0.25, 0.3) is 0 Å². The molecule has 2 amide bonds. The third kappa shape index (κ3) is 3.93. The molecule has 0 aliphatic rings. The quantitative estimate of drug-likeness (QED) is 0.504. The van der Waals surface area contributed by atoms with Gasteiger partial charge in [0.05, 0.1) is 25.3 Å². The summed E-state index contributed by atoms with van der Waals surface area (Å²) in [6, 6.07) is 10.1. The van der Waals surface area contributed by atoms with Crippen LogP contribution in [-0.2, 0) is 9.59 Å². The summed E-state index contributed by atoms with van der Waals surface area (Å²) in [6.07, 6.45) is 2.76. The number of hydrogen-bond acceptors (Lipinski definition) is 5. The molecular formula is C14H13N3O4. The first kappa shape index (κ1) is 14.3. The third-order valence-corrected chi connectivity index (χ3v) is 2.46. The Bertz CT molecular complexity index is 650. The second kappa shape index (κ2) is 6.90. The van der Waals surface area contributed by atoms with Gasteiger partial charge in [0, 0.05) is 0 Å². The largest absolute Gasteiger partial charge is 0.495 e. The van der Waals surface area contributed by atoms with Crippen molar-refractivity contribution in [2.24, 2.45) is 5.10 Å². The van der Waals surface area contributed by atoms with Gasteiger partial charge in [0.1, 0.15) is 11.5 Å². The Morgan fingerprint density at radius 2 is 2.00 bits per heavy atom. The van der Waals surface area contributed by atoms with Crippen LogP contribution in [0.3, 0.4) is 0 Å². The van der Waals surface area contributed by atoms with Crippen molar-refractivity contribution in [1.82, 2.24) is 5.43 Å². The summed E-state index contributed by atoms with van der Waals surface area (Å²) in [5, 5.41) is 6.04. The molecule has 0 atom stereocenters. The van der Waals surface area contributed by atoms with Gasteiger partial charge in [0.2, 0.25) is 0 Å². The summed E-state index contributed by atoms with van der Waals surface area (Å²) in [4.78, 5) is 23.3. The van der Waals surface area contributed by atoms with Gasteiger partial charge < -0.3 is 14.5 Å². The maximum atomic E-state index is 11.7. The van der Waals surface area contributed by atoms with Crippen molar-refractivity contribution < 1.29 is 18.7 Å². The molecule has 7 heteroatoms. The summed E-state index contributed by atoms with van der Waals surface area (Å²) < 4.78 is 10.1. The van der Waals surface area contributed by atoms with E-state index >= 15 is 0 Å². The Hall–Kier alpha value is -3.09. The van der Waals surface area contributed by atoms with Crippen molar-refractivity contribution in [2.45, 2.75) is 0 Å². The minimum atomic E-state index is -0.899. The van der Waals surface area contributed by atoms with E-state index in [1.54, 1.807) is 36.4 Å². The number of benzene rings is 1. The first-order valence-corrected chi connectivity index (χ1v) is 6.01. The minimum Gasteiger partial charge on any atom is -0.495 e. The lowest BCUT2D eigenvalue weighted by molar-refractivity contribution is -0.136. The lowest BCUT2D eigenvalue weighted by atomic mass is 10.3. The molecule has 0 aliphatic carbocycles. The van der Waals surface area contributed by atoms with Gasteiger partial charge in [-0.05, 0) is 24.3 Å². The van der Waals surface area contributed by atoms with Crippen molar-refractivity contribution in [3.05, 3.63) is 48.4 Å². The Morgan fingerprint density at radius 1 is 1.19 bits per heavy atom. The number of hydrogen-bond donors (Lipinski definition) is 2. The fourth-order valence-corrected chi connectivity index (χ4v) is 1.50. The topological polar surface area (TPSA) is 92.9 Å². The van der Waals surface area contributed by atoms with E-state index in [2.05, 4.69) is 15.8 Å². The van der Waals surface area contributed by atoms with Crippen LogP contribution in [0.1, 0.15) is 5.76 Å². The molecule has 1 aromatic heterocycles. The first-order chi connectivity index (χ1) is 10.2. The number of carbonyl (C=O) groups is 2. The normalized spacial score (nSPS) is 10.3. The van der Waals surface area contributed by atoms with Crippen molar-refractivity contribution >= 4 is 23.7 Å². The number of amides is 2. The summed E-state index contributed by atoms with van der Waals surface area (Å²) in [6.45, 7) is 0. The SMILES string of the molecule is COc1ccccc1NC(=O)C(=O)NN=Cc1ccco1. The second-order valence-electron chi connectivity index (χ2n) is 3.87. The first-order valence-electron chi connectivity index (χ1n) is 6.01. The lowest BCUT2D eigenvalue weighted by Crippen LogP contribution is -2.32. The highest BCUT2D eigenvalue weighted by Gasteiger charge is 2.14. The molecule has 2 aromatic rings. The highest BCUT2D eigenvalue weighted by molar-refractivity contribution is 6.39. The zero-order valence-corrected chi connectivity index (χ0v) is 11.2. The van der Waals surface area contributed by atoms with Crippen molar-refractivity contribution in [2.75, 3.05) is 12.4 Å². The Kier molecular flexibility index (Phi) is 4.70. The average Bonchev–Trinajstić information content (AvgIpc) is 3.01. The molecule has 1 aromatic carbocycles. The molecule has 0 spiro atoms. The number of ether oxygens (including phenoxy) is 1. The molecule has 0 saturated heterocycles. The summed E-state index contributed by atoms with van der Waals surface area (Å²) in [5.74, 6) is -0.835. The van der Waals surface area contributed by atoms with E-state index in [0.717, 1.165) is 0 Å². The number of nitrogens with one attached hydrogen (secondary N) is 2. The van der Waals surface area contributed by atoms with E-state index < -0.39 is 11.8 Å². The van der Waals surface area contributed by atoms with Crippen LogP contribution >= 0.6 is 0 Å². The third-order valence-electron chi connectivity index (χ3n) is 2.46. The molecule has 108 valence electrons.